The standard InChI is InChI=1S/C16H17BrN2/c1-12-10-14(17)11-18-16(12)19-9-5-8-15(19)13-6-3-2-4-7-13/h2-4,6-7,10-11,15H,5,8-9H2,1H3. The SMILES string of the molecule is Cc1cc(Br)cnc1N1CCCC1c1ccccc1. The summed E-state index contributed by atoms with van der Waals surface area (Å²) in [6, 6.07) is 13.4. The average Bonchev–Trinajstić information content (AvgIpc) is 2.89. The van der Waals surface area contributed by atoms with Crippen LogP contribution in [0.2, 0.25) is 0 Å². The van der Waals surface area contributed by atoms with Crippen LogP contribution in [-0.2, 0) is 0 Å². The summed E-state index contributed by atoms with van der Waals surface area (Å²) in [4.78, 5) is 7.06. The molecule has 1 aliphatic rings. The minimum atomic E-state index is 0.466. The smallest absolute Gasteiger partial charge is 0.132 e. The number of nitrogens with zero attached hydrogens (tertiary/aromatic N) is 2. The fraction of sp³-hybridized carbons (Fsp3) is 0.312. The molecule has 0 amide bonds. The Labute approximate surface area is 122 Å². The van der Waals surface area contributed by atoms with E-state index >= 15 is 0 Å². The molecule has 1 aromatic heterocycles. The van der Waals surface area contributed by atoms with Gasteiger partial charge in [-0.3, -0.25) is 0 Å². The summed E-state index contributed by atoms with van der Waals surface area (Å²) in [7, 11) is 0. The van der Waals surface area contributed by atoms with Gasteiger partial charge in [-0.05, 0) is 52.9 Å². The van der Waals surface area contributed by atoms with Crippen LogP contribution in [0.25, 0.3) is 0 Å². The van der Waals surface area contributed by atoms with Crippen LogP contribution in [0.5, 0.6) is 0 Å². The van der Waals surface area contributed by atoms with Gasteiger partial charge in [0.15, 0.2) is 0 Å². The number of benzene rings is 1. The summed E-state index contributed by atoms with van der Waals surface area (Å²) in [5.41, 5.74) is 2.63. The number of aryl methyl sites for hydroxylation is 1. The van der Waals surface area contributed by atoms with Crippen molar-refractivity contribution in [1.82, 2.24) is 4.98 Å². The van der Waals surface area contributed by atoms with Crippen molar-refractivity contribution in [3.05, 3.63) is 58.2 Å². The average molecular weight is 317 g/mol. The van der Waals surface area contributed by atoms with Crippen molar-refractivity contribution >= 4 is 21.7 Å². The summed E-state index contributed by atoms with van der Waals surface area (Å²) < 4.78 is 1.05. The van der Waals surface area contributed by atoms with E-state index in [0.717, 1.165) is 16.8 Å². The lowest BCUT2D eigenvalue weighted by Crippen LogP contribution is -2.24. The summed E-state index contributed by atoms with van der Waals surface area (Å²) in [5.74, 6) is 1.12. The van der Waals surface area contributed by atoms with Gasteiger partial charge in [-0.1, -0.05) is 30.3 Å². The Balaban J connectivity index is 1.95. The van der Waals surface area contributed by atoms with Gasteiger partial charge in [-0.15, -0.1) is 0 Å². The Morgan fingerprint density at radius 3 is 2.79 bits per heavy atom. The van der Waals surface area contributed by atoms with E-state index in [2.05, 4.69) is 69.1 Å². The van der Waals surface area contributed by atoms with Crippen LogP contribution in [0.1, 0.15) is 30.0 Å². The minimum absolute atomic E-state index is 0.466. The highest BCUT2D eigenvalue weighted by Crippen LogP contribution is 2.36. The predicted octanol–water partition coefficient (Wildman–Crippen LogP) is 4.49. The molecule has 3 rings (SSSR count). The number of pyridine rings is 1. The predicted molar refractivity (Wildman–Crippen MR) is 82.4 cm³/mol. The molecule has 0 radical (unpaired) electrons. The normalized spacial score (nSPS) is 18.8. The fourth-order valence-electron chi connectivity index (χ4n) is 2.88. The summed E-state index contributed by atoms with van der Waals surface area (Å²) in [6.45, 7) is 3.22. The first-order valence-electron chi connectivity index (χ1n) is 6.69. The van der Waals surface area contributed by atoms with Crippen LogP contribution in [-0.4, -0.2) is 11.5 Å². The minimum Gasteiger partial charge on any atom is -0.349 e. The summed E-state index contributed by atoms with van der Waals surface area (Å²) in [5, 5.41) is 0. The van der Waals surface area contributed by atoms with Crippen molar-refractivity contribution in [2.24, 2.45) is 0 Å². The molecule has 1 saturated heterocycles. The van der Waals surface area contributed by atoms with Crippen LogP contribution in [0.3, 0.4) is 0 Å². The maximum Gasteiger partial charge on any atom is 0.132 e. The van der Waals surface area contributed by atoms with E-state index in [1.165, 1.54) is 24.0 Å². The van der Waals surface area contributed by atoms with Crippen LogP contribution in [0, 0.1) is 6.92 Å². The molecule has 98 valence electrons. The van der Waals surface area contributed by atoms with E-state index in [9.17, 15) is 0 Å². The van der Waals surface area contributed by atoms with E-state index in [1.54, 1.807) is 0 Å². The van der Waals surface area contributed by atoms with Crippen LogP contribution in [0.15, 0.2) is 47.1 Å². The molecule has 1 atom stereocenters. The number of rotatable bonds is 2. The van der Waals surface area contributed by atoms with E-state index in [-0.39, 0.29) is 0 Å². The highest BCUT2D eigenvalue weighted by atomic mass is 79.9. The van der Waals surface area contributed by atoms with Crippen LogP contribution >= 0.6 is 15.9 Å². The lowest BCUT2D eigenvalue weighted by molar-refractivity contribution is 0.709. The van der Waals surface area contributed by atoms with E-state index in [4.69, 9.17) is 0 Å². The summed E-state index contributed by atoms with van der Waals surface area (Å²) in [6.07, 6.45) is 4.33. The van der Waals surface area contributed by atoms with Crippen LogP contribution < -0.4 is 4.90 Å². The zero-order valence-corrected chi connectivity index (χ0v) is 12.6. The Morgan fingerprint density at radius 2 is 2.05 bits per heavy atom. The van der Waals surface area contributed by atoms with Gasteiger partial charge in [0, 0.05) is 17.2 Å². The molecule has 3 heteroatoms. The molecule has 2 aromatic rings. The first kappa shape index (κ1) is 12.7. The number of halogens is 1. The molecule has 0 aliphatic carbocycles. The molecule has 2 heterocycles. The molecule has 0 N–H and O–H groups in total. The number of aromatic nitrogens is 1. The van der Waals surface area contributed by atoms with Crippen LogP contribution in [0.4, 0.5) is 5.82 Å². The largest absolute Gasteiger partial charge is 0.349 e. The van der Waals surface area contributed by atoms with E-state index < -0.39 is 0 Å². The Hall–Kier alpha value is -1.35. The molecule has 1 fully saturated rings. The number of hydrogen-bond donors (Lipinski definition) is 0. The second kappa shape index (κ2) is 5.33. The molecular formula is C16H17BrN2. The van der Waals surface area contributed by atoms with Gasteiger partial charge in [0.25, 0.3) is 0 Å². The molecule has 0 bridgehead atoms. The molecule has 0 spiro atoms. The van der Waals surface area contributed by atoms with Gasteiger partial charge >= 0.3 is 0 Å². The quantitative estimate of drug-likeness (QED) is 0.811. The number of hydrogen-bond acceptors (Lipinski definition) is 2. The fourth-order valence-corrected chi connectivity index (χ4v) is 3.32. The summed E-state index contributed by atoms with van der Waals surface area (Å²) >= 11 is 3.48. The van der Waals surface area contributed by atoms with Gasteiger partial charge in [0.2, 0.25) is 0 Å². The van der Waals surface area contributed by atoms with Gasteiger partial charge in [-0.25, -0.2) is 4.98 Å². The first-order valence-corrected chi connectivity index (χ1v) is 7.49. The Morgan fingerprint density at radius 1 is 1.26 bits per heavy atom. The second-order valence-electron chi connectivity index (χ2n) is 5.06. The molecule has 1 aromatic carbocycles. The van der Waals surface area contributed by atoms with Crippen molar-refractivity contribution in [3.8, 4) is 0 Å². The highest BCUT2D eigenvalue weighted by Gasteiger charge is 2.27. The van der Waals surface area contributed by atoms with Gasteiger partial charge in [-0.2, -0.15) is 0 Å². The Bertz CT molecular complexity index is 568. The third kappa shape index (κ3) is 2.52. The van der Waals surface area contributed by atoms with Crippen molar-refractivity contribution in [3.63, 3.8) is 0 Å². The molecule has 2 nitrogen and oxygen atoms in total. The molecule has 19 heavy (non-hydrogen) atoms. The van der Waals surface area contributed by atoms with Gasteiger partial charge < -0.3 is 4.90 Å². The van der Waals surface area contributed by atoms with E-state index in [0.29, 0.717) is 6.04 Å². The van der Waals surface area contributed by atoms with Crippen molar-refractivity contribution in [2.45, 2.75) is 25.8 Å². The van der Waals surface area contributed by atoms with Crippen molar-refractivity contribution in [1.29, 1.82) is 0 Å². The van der Waals surface area contributed by atoms with Crippen molar-refractivity contribution < 1.29 is 0 Å². The second-order valence-corrected chi connectivity index (χ2v) is 5.97. The van der Waals surface area contributed by atoms with E-state index in [1.807, 2.05) is 6.20 Å². The highest BCUT2D eigenvalue weighted by molar-refractivity contribution is 9.10. The third-order valence-electron chi connectivity index (χ3n) is 3.73. The van der Waals surface area contributed by atoms with Crippen molar-refractivity contribution in [2.75, 3.05) is 11.4 Å². The molecular weight excluding hydrogens is 300 g/mol. The lowest BCUT2D eigenvalue weighted by Gasteiger charge is -2.27. The topological polar surface area (TPSA) is 16.1 Å². The molecule has 1 unspecified atom stereocenters. The maximum absolute atomic E-state index is 4.61. The third-order valence-corrected chi connectivity index (χ3v) is 4.16. The van der Waals surface area contributed by atoms with Gasteiger partial charge in [0.1, 0.15) is 5.82 Å². The lowest BCUT2D eigenvalue weighted by atomic mass is 10.0. The first-order chi connectivity index (χ1) is 9.25. The monoisotopic (exact) mass is 316 g/mol. The molecule has 0 saturated carbocycles. The Kier molecular flexibility index (Phi) is 3.56. The van der Waals surface area contributed by atoms with Gasteiger partial charge in [0.05, 0.1) is 6.04 Å². The maximum atomic E-state index is 4.61. The zero-order valence-electron chi connectivity index (χ0n) is 11.0. The molecule has 1 aliphatic heterocycles. The number of anilines is 1. The zero-order chi connectivity index (χ0) is 13.2.